The van der Waals surface area contributed by atoms with E-state index < -0.39 is 0 Å². The summed E-state index contributed by atoms with van der Waals surface area (Å²) in [5.74, 6) is 0. The lowest BCUT2D eigenvalue weighted by atomic mass is 10.2. The van der Waals surface area contributed by atoms with E-state index in [4.69, 9.17) is 40.2 Å². The van der Waals surface area contributed by atoms with Gasteiger partial charge in [0.15, 0.2) is 5.11 Å². The predicted molar refractivity (Wildman–Crippen MR) is 112 cm³/mol. The summed E-state index contributed by atoms with van der Waals surface area (Å²) in [4.78, 5) is 15.9. The minimum atomic E-state index is -0.304. The second kappa shape index (κ2) is 9.26. The molecule has 3 rings (SSSR count). The van der Waals surface area contributed by atoms with E-state index in [0.717, 1.165) is 11.3 Å². The molecule has 27 heavy (non-hydrogen) atoms. The number of amides is 1. The number of nitrogens with one attached hydrogen (secondary N) is 1. The number of thiocarbonyl (C=S) groups is 1. The molecule has 1 heterocycles. The maximum absolute atomic E-state index is 12.2. The second-order valence-corrected chi connectivity index (χ2v) is 7.27. The molecule has 0 aliphatic carbocycles. The van der Waals surface area contributed by atoms with Crippen LogP contribution >= 0.6 is 35.4 Å². The molecule has 1 aliphatic rings. The van der Waals surface area contributed by atoms with Crippen LogP contribution in [0.4, 0.5) is 10.5 Å². The number of carbonyl (C=O) groups excluding carboxylic acids is 1. The molecule has 1 aliphatic heterocycles. The molecule has 0 aromatic heterocycles. The first-order valence-corrected chi connectivity index (χ1v) is 9.66. The molecule has 0 saturated carbocycles. The van der Waals surface area contributed by atoms with E-state index >= 15 is 0 Å². The van der Waals surface area contributed by atoms with Crippen LogP contribution in [-0.4, -0.2) is 47.2 Å². The molecule has 1 N–H and O–H groups in total. The van der Waals surface area contributed by atoms with Gasteiger partial charge in [0.25, 0.3) is 0 Å². The largest absolute Gasteiger partial charge is 0.445 e. The first kappa shape index (κ1) is 19.7. The molecule has 142 valence electrons. The summed E-state index contributed by atoms with van der Waals surface area (Å²) in [6.07, 6.45) is -0.304. The van der Waals surface area contributed by atoms with E-state index in [0.29, 0.717) is 41.3 Å². The number of anilines is 1. The van der Waals surface area contributed by atoms with Crippen molar-refractivity contribution in [3.8, 4) is 0 Å². The molecule has 1 saturated heterocycles. The normalized spacial score (nSPS) is 14.0. The van der Waals surface area contributed by atoms with Crippen molar-refractivity contribution in [3.63, 3.8) is 0 Å². The molecule has 0 unspecified atom stereocenters. The summed E-state index contributed by atoms with van der Waals surface area (Å²) in [6, 6.07) is 14.9. The average molecular weight is 424 g/mol. The topological polar surface area (TPSA) is 44.8 Å². The van der Waals surface area contributed by atoms with E-state index in [9.17, 15) is 4.79 Å². The van der Waals surface area contributed by atoms with Crippen molar-refractivity contribution < 1.29 is 9.53 Å². The van der Waals surface area contributed by atoms with Crippen molar-refractivity contribution in [1.29, 1.82) is 0 Å². The number of nitrogens with zero attached hydrogens (tertiary/aromatic N) is 2. The number of benzene rings is 2. The zero-order valence-electron chi connectivity index (χ0n) is 14.5. The first-order valence-electron chi connectivity index (χ1n) is 8.49. The van der Waals surface area contributed by atoms with Crippen LogP contribution in [0.15, 0.2) is 48.5 Å². The van der Waals surface area contributed by atoms with Gasteiger partial charge < -0.3 is 19.9 Å². The van der Waals surface area contributed by atoms with Crippen molar-refractivity contribution in [1.82, 2.24) is 9.80 Å². The molecular weight excluding hydrogens is 405 g/mol. The van der Waals surface area contributed by atoms with Crippen LogP contribution in [0.3, 0.4) is 0 Å². The van der Waals surface area contributed by atoms with Crippen LogP contribution < -0.4 is 5.32 Å². The van der Waals surface area contributed by atoms with Gasteiger partial charge in [-0.3, -0.25) is 0 Å². The SMILES string of the molecule is O=C(OCc1ccccc1)N1CCN(C(=S)Nc2ccc(Cl)c(Cl)c2)CC1. The number of hydrogen-bond donors (Lipinski definition) is 1. The van der Waals surface area contributed by atoms with Gasteiger partial charge in [0, 0.05) is 31.9 Å². The molecule has 0 spiro atoms. The minimum absolute atomic E-state index is 0.275. The molecular formula is C19H19Cl2N3O2S. The van der Waals surface area contributed by atoms with Gasteiger partial charge in [-0.2, -0.15) is 0 Å². The lowest BCUT2D eigenvalue weighted by molar-refractivity contribution is 0.0828. The van der Waals surface area contributed by atoms with Gasteiger partial charge in [-0.25, -0.2) is 4.79 Å². The van der Waals surface area contributed by atoms with E-state index in [-0.39, 0.29) is 12.7 Å². The van der Waals surface area contributed by atoms with Crippen LogP contribution in [0, 0.1) is 0 Å². The zero-order chi connectivity index (χ0) is 19.2. The van der Waals surface area contributed by atoms with Gasteiger partial charge in [0.05, 0.1) is 10.0 Å². The minimum Gasteiger partial charge on any atom is -0.445 e. The summed E-state index contributed by atoms with van der Waals surface area (Å²) < 4.78 is 5.38. The number of halogens is 2. The van der Waals surface area contributed by atoms with E-state index in [1.54, 1.807) is 17.0 Å². The predicted octanol–water partition coefficient (Wildman–Crippen LogP) is 4.64. The monoisotopic (exact) mass is 423 g/mol. The Balaban J connectivity index is 1.45. The molecule has 8 heteroatoms. The van der Waals surface area contributed by atoms with Gasteiger partial charge in [0.1, 0.15) is 6.61 Å². The van der Waals surface area contributed by atoms with Crippen molar-refractivity contribution in [2.75, 3.05) is 31.5 Å². The third-order valence-electron chi connectivity index (χ3n) is 4.20. The Morgan fingerprint density at radius 3 is 2.33 bits per heavy atom. The van der Waals surface area contributed by atoms with E-state index in [1.165, 1.54) is 0 Å². The van der Waals surface area contributed by atoms with Crippen molar-refractivity contribution >= 4 is 52.3 Å². The number of piperazine rings is 1. The van der Waals surface area contributed by atoms with E-state index in [1.807, 2.05) is 41.3 Å². The van der Waals surface area contributed by atoms with Crippen LogP contribution in [-0.2, 0) is 11.3 Å². The summed E-state index contributed by atoms with van der Waals surface area (Å²) >= 11 is 17.4. The highest BCUT2D eigenvalue weighted by Gasteiger charge is 2.23. The highest BCUT2D eigenvalue weighted by molar-refractivity contribution is 7.80. The third-order valence-corrected chi connectivity index (χ3v) is 5.30. The van der Waals surface area contributed by atoms with Crippen molar-refractivity contribution in [2.24, 2.45) is 0 Å². The zero-order valence-corrected chi connectivity index (χ0v) is 16.9. The fraction of sp³-hybridized carbons (Fsp3) is 0.263. The molecule has 1 fully saturated rings. The summed E-state index contributed by atoms with van der Waals surface area (Å²) in [7, 11) is 0. The van der Waals surface area contributed by atoms with Crippen LogP contribution in [0.5, 0.6) is 0 Å². The first-order chi connectivity index (χ1) is 13.0. The Morgan fingerprint density at radius 2 is 1.67 bits per heavy atom. The summed E-state index contributed by atoms with van der Waals surface area (Å²) in [5, 5.41) is 4.70. The maximum atomic E-state index is 12.2. The van der Waals surface area contributed by atoms with Gasteiger partial charge in [-0.15, -0.1) is 0 Å². The van der Waals surface area contributed by atoms with E-state index in [2.05, 4.69) is 5.32 Å². The molecule has 0 atom stereocenters. The standard InChI is InChI=1S/C19H19Cl2N3O2S/c20-16-7-6-15(12-17(16)21)22-18(27)23-8-10-24(11-9-23)19(25)26-13-14-4-2-1-3-5-14/h1-7,12H,8-11,13H2,(H,22,27). The Labute approximate surface area is 173 Å². The maximum Gasteiger partial charge on any atom is 0.410 e. The van der Waals surface area contributed by atoms with Crippen LogP contribution in [0.25, 0.3) is 0 Å². The summed E-state index contributed by atoms with van der Waals surface area (Å²) in [6.45, 7) is 2.64. The van der Waals surface area contributed by atoms with Crippen LogP contribution in [0.2, 0.25) is 10.0 Å². The van der Waals surface area contributed by atoms with Crippen molar-refractivity contribution in [3.05, 3.63) is 64.1 Å². The average Bonchev–Trinajstić information content (AvgIpc) is 2.70. The second-order valence-electron chi connectivity index (χ2n) is 6.07. The third kappa shape index (κ3) is 5.48. The number of hydrogen-bond acceptors (Lipinski definition) is 3. The molecule has 5 nitrogen and oxygen atoms in total. The smallest absolute Gasteiger partial charge is 0.410 e. The molecule has 0 bridgehead atoms. The van der Waals surface area contributed by atoms with Gasteiger partial charge >= 0.3 is 6.09 Å². The Kier molecular flexibility index (Phi) is 6.77. The van der Waals surface area contributed by atoms with Gasteiger partial charge in [-0.1, -0.05) is 53.5 Å². The fourth-order valence-corrected chi connectivity index (χ4v) is 3.28. The van der Waals surface area contributed by atoms with Gasteiger partial charge in [-0.05, 0) is 36.0 Å². The molecule has 0 radical (unpaired) electrons. The Hall–Kier alpha value is -2.02. The Morgan fingerprint density at radius 1 is 1.00 bits per heavy atom. The molecule has 2 aromatic carbocycles. The number of ether oxygens (including phenoxy) is 1. The number of rotatable bonds is 3. The van der Waals surface area contributed by atoms with Crippen LogP contribution in [0.1, 0.15) is 5.56 Å². The van der Waals surface area contributed by atoms with Gasteiger partial charge in [0.2, 0.25) is 0 Å². The summed E-state index contributed by atoms with van der Waals surface area (Å²) in [5.41, 5.74) is 1.75. The highest BCUT2D eigenvalue weighted by Crippen LogP contribution is 2.25. The molecule has 1 amide bonds. The highest BCUT2D eigenvalue weighted by atomic mass is 35.5. The number of carbonyl (C=O) groups is 1. The lowest BCUT2D eigenvalue weighted by Gasteiger charge is -2.35. The van der Waals surface area contributed by atoms with Crippen molar-refractivity contribution in [2.45, 2.75) is 6.61 Å². The Bertz CT molecular complexity index is 812. The fourth-order valence-electron chi connectivity index (χ4n) is 2.68. The molecule has 2 aromatic rings. The quantitative estimate of drug-likeness (QED) is 0.728. The lowest BCUT2D eigenvalue weighted by Crippen LogP contribution is -2.51.